The van der Waals surface area contributed by atoms with Crippen molar-refractivity contribution < 1.29 is 4.74 Å². The molecule has 0 bridgehead atoms. The summed E-state index contributed by atoms with van der Waals surface area (Å²) in [5.74, 6) is 4.81. The molecule has 25 heavy (non-hydrogen) atoms. The highest BCUT2D eigenvalue weighted by Gasteiger charge is 2.30. The minimum absolute atomic E-state index is 0.411. The molecule has 2 saturated carbocycles. The van der Waals surface area contributed by atoms with Crippen LogP contribution in [0.4, 0.5) is 0 Å². The molecule has 1 nitrogen and oxygen atoms in total. The molecular weight excluding hydrogens is 304 g/mol. The predicted octanol–water partition coefficient (Wildman–Crippen LogP) is 7.16. The molecule has 0 aromatic heterocycles. The maximum Gasteiger partial charge on any atom is 0.0756 e. The first-order chi connectivity index (χ1) is 12.3. The Morgan fingerprint density at radius 2 is 1.36 bits per heavy atom. The quantitative estimate of drug-likeness (QED) is 0.463. The SMILES string of the molecule is CCCC1CCC(C2CCC(/C=C/C3CCC(CC)CO3)CC2)CC1. The maximum absolute atomic E-state index is 6.03. The molecule has 3 rings (SSSR count). The topological polar surface area (TPSA) is 9.23 Å². The van der Waals surface area contributed by atoms with Crippen LogP contribution in [0.1, 0.15) is 97.3 Å². The predicted molar refractivity (Wildman–Crippen MR) is 108 cm³/mol. The van der Waals surface area contributed by atoms with Crippen LogP contribution in [0.5, 0.6) is 0 Å². The summed E-state index contributed by atoms with van der Waals surface area (Å²) in [5, 5.41) is 0. The van der Waals surface area contributed by atoms with Crippen LogP contribution >= 0.6 is 0 Å². The Balaban J connectivity index is 1.34. The van der Waals surface area contributed by atoms with Gasteiger partial charge >= 0.3 is 0 Å². The zero-order valence-electron chi connectivity index (χ0n) is 16.9. The van der Waals surface area contributed by atoms with Gasteiger partial charge in [0.1, 0.15) is 0 Å². The molecule has 144 valence electrons. The van der Waals surface area contributed by atoms with Gasteiger partial charge in [0.15, 0.2) is 0 Å². The first-order valence-corrected chi connectivity index (χ1v) is 11.6. The fourth-order valence-electron chi connectivity index (χ4n) is 5.75. The second-order valence-electron chi connectivity index (χ2n) is 9.35. The van der Waals surface area contributed by atoms with Gasteiger partial charge < -0.3 is 4.74 Å². The Labute approximate surface area is 157 Å². The molecule has 1 aliphatic heterocycles. The lowest BCUT2D eigenvalue weighted by Gasteiger charge is -2.37. The van der Waals surface area contributed by atoms with Crippen molar-refractivity contribution in [1.29, 1.82) is 0 Å². The maximum atomic E-state index is 6.03. The van der Waals surface area contributed by atoms with E-state index in [4.69, 9.17) is 4.74 Å². The van der Waals surface area contributed by atoms with Gasteiger partial charge in [-0.1, -0.05) is 58.1 Å². The highest BCUT2D eigenvalue weighted by Crippen LogP contribution is 2.42. The third kappa shape index (κ3) is 5.84. The van der Waals surface area contributed by atoms with Crippen molar-refractivity contribution in [2.24, 2.45) is 29.6 Å². The number of hydrogen-bond acceptors (Lipinski definition) is 1. The van der Waals surface area contributed by atoms with Crippen LogP contribution in [0.3, 0.4) is 0 Å². The standard InChI is InChI=1S/C24H42O/c1-3-5-20-6-12-22(13-7-20)23-14-8-21(9-15-23)11-17-24-16-10-19(4-2)18-25-24/h11,17,19-24H,3-10,12-16,18H2,1-2H3/b17-11+. The van der Waals surface area contributed by atoms with Crippen LogP contribution < -0.4 is 0 Å². The van der Waals surface area contributed by atoms with Crippen LogP contribution in [0.2, 0.25) is 0 Å². The van der Waals surface area contributed by atoms with Gasteiger partial charge in [0.05, 0.1) is 12.7 Å². The minimum atomic E-state index is 0.411. The van der Waals surface area contributed by atoms with Crippen molar-refractivity contribution in [2.75, 3.05) is 6.61 Å². The molecule has 0 spiro atoms. The number of ether oxygens (including phenoxy) is 1. The van der Waals surface area contributed by atoms with Gasteiger partial charge in [-0.2, -0.15) is 0 Å². The van der Waals surface area contributed by atoms with Crippen molar-refractivity contribution in [3.05, 3.63) is 12.2 Å². The molecule has 1 heteroatoms. The summed E-state index contributed by atoms with van der Waals surface area (Å²) in [6.07, 6.45) is 24.0. The molecule has 0 radical (unpaired) electrons. The number of rotatable bonds is 6. The van der Waals surface area contributed by atoms with Gasteiger partial charge in [-0.05, 0) is 81.0 Å². The fourth-order valence-corrected chi connectivity index (χ4v) is 5.75. The highest BCUT2D eigenvalue weighted by molar-refractivity contribution is 4.97. The van der Waals surface area contributed by atoms with E-state index < -0.39 is 0 Å². The molecule has 0 amide bonds. The summed E-state index contributed by atoms with van der Waals surface area (Å²) in [6.45, 7) is 5.62. The lowest BCUT2D eigenvalue weighted by atomic mass is 9.68. The van der Waals surface area contributed by atoms with E-state index in [-0.39, 0.29) is 0 Å². The largest absolute Gasteiger partial charge is 0.374 e. The van der Waals surface area contributed by atoms with Crippen molar-refractivity contribution in [2.45, 2.75) is 103 Å². The second kappa shape index (κ2) is 10.1. The Bertz CT molecular complexity index is 377. The van der Waals surface area contributed by atoms with Gasteiger partial charge in [-0.15, -0.1) is 0 Å². The average molecular weight is 347 g/mol. The van der Waals surface area contributed by atoms with E-state index in [1.54, 1.807) is 0 Å². The summed E-state index contributed by atoms with van der Waals surface area (Å²) < 4.78 is 6.03. The summed E-state index contributed by atoms with van der Waals surface area (Å²) >= 11 is 0. The van der Waals surface area contributed by atoms with Gasteiger partial charge in [-0.25, -0.2) is 0 Å². The number of allylic oxidation sites excluding steroid dienone is 1. The van der Waals surface area contributed by atoms with E-state index in [0.29, 0.717) is 6.10 Å². The Morgan fingerprint density at radius 1 is 0.720 bits per heavy atom. The first-order valence-electron chi connectivity index (χ1n) is 11.6. The van der Waals surface area contributed by atoms with Gasteiger partial charge in [0.2, 0.25) is 0 Å². The van der Waals surface area contributed by atoms with Crippen LogP contribution in [0.15, 0.2) is 12.2 Å². The van der Waals surface area contributed by atoms with Crippen LogP contribution in [-0.2, 0) is 4.74 Å². The fraction of sp³-hybridized carbons (Fsp3) is 0.917. The van der Waals surface area contributed by atoms with Crippen molar-refractivity contribution in [1.82, 2.24) is 0 Å². The Morgan fingerprint density at radius 3 is 1.92 bits per heavy atom. The van der Waals surface area contributed by atoms with E-state index in [0.717, 1.165) is 36.2 Å². The zero-order chi connectivity index (χ0) is 17.5. The molecule has 0 aromatic rings. The molecule has 1 saturated heterocycles. The normalized spacial score (nSPS) is 40.4. The third-order valence-electron chi connectivity index (χ3n) is 7.65. The highest BCUT2D eigenvalue weighted by atomic mass is 16.5. The van der Waals surface area contributed by atoms with Crippen molar-refractivity contribution in [3.63, 3.8) is 0 Å². The van der Waals surface area contributed by atoms with Crippen molar-refractivity contribution in [3.8, 4) is 0 Å². The molecule has 1 heterocycles. The molecule has 2 unspecified atom stereocenters. The van der Waals surface area contributed by atoms with E-state index in [2.05, 4.69) is 26.0 Å². The second-order valence-corrected chi connectivity index (χ2v) is 9.35. The third-order valence-corrected chi connectivity index (χ3v) is 7.65. The Hall–Kier alpha value is -0.300. The molecule has 2 aliphatic carbocycles. The van der Waals surface area contributed by atoms with E-state index in [1.807, 2.05) is 0 Å². The average Bonchev–Trinajstić information content (AvgIpc) is 2.68. The molecule has 3 fully saturated rings. The smallest absolute Gasteiger partial charge is 0.0756 e. The number of hydrogen-bond donors (Lipinski definition) is 0. The summed E-state index contributed by atoms with van der Waals surface area (Å²) in [5.41, 5.74) is 0. The van der Waals surface area contributed by atoms with Gasteiger partial charge in [0.25, 0.3) is 0 Å². The minimum Gasteiger partial charge on any atom is -0.374 e. The van der Waals surface area contributed by atoms with Crippen molar-refractivity contribution >= 4 is 0 Å². The van der Waals surface area contributed by atoms with E-state index in [9.17, 15) is 0 Å². The molecule has 0 aromatic carbocycles. The lowest BCUT2D eigenvalue weighted by molar-refractivity contribution is 0.00963. The first kappa shape index (κ1) is 19.5. The summed E-state index contributed by atoms with van der Waals surface area (Å²) in [6, 6.07) is 0. The summed E-state index contributed by atoms with van der Waals surface area (Å²) in [7, 11) is 0. The lowest BCUT2D eigenvalue weighted by Crippen LogP contribution is -2.26. The Kier molecular flexibility index (Phi) is 7.90. The van der Waals surface area contributed by atoms with E-state index >= 15 is 0 Å². The van der Waals surface area contributed by atoms with Crippen LogP contribution in [0.25, 0.3) is 0 Å². The van der Waals surface area contributed by atoms with Crippen LogP contribution in [0, 0.1) is 29.6 Å². The molecule has 2 atom stereocenters. The van der Waals surface area contributed by atoms with Gasteiger partial charge in [-0.3, -0.25) is 0 Å². The zero-order valence-corrected chi connectivity index (χ0v) is 16.9. The monoisotopic (exact) mass is 346 g/mol. The van der Waals surface area contributed by atoms with Gasteiger partial charge in [0, 0.05) is 0 Å². The molecule has 0 N–H and O–H groups in total. The molecular formula is C24H42O. The summed E-state index contributed by atoms with van der Waals surface area (Å²) in [4.78, 5) is 0. The van der Waals surface area contributed by atoms with Crippen LogP contribution in [-0.4, -0.2) is 12.7 Å². The molecule has 3 aliphatic rings. The van der Waals surface area contributed by atoms with E-state index in [1.165, 1.54) is 83.5 Å².